The second-order valence-corrected chi connectivity index (χ2v) is 8.01. The van der Waals surface area contributed by atoms with Gasteiger partial charge in [0.15, 0.2) is 0 Å². The predicted molar refractivity (Wildman–Crippen MR) is 104 cm³/mol. The Hall–Kier alpha value is -2.58. The molecule has 7 nitrogen and oxygen atoms in total. The van der Waals surface area contributed by atoms with E-state index in [9.17, 15) is 13.2 Å². The summed E-state index contributed by atoms with van der Waals surface area (Å²) in [7, 11) is -2.31. The number of amides is 1. The number of methoxy groups -OCH3 is 1. The molecule has 27 heavy (non-hydrogen) atoms. The summed E-state index contributed by atoms with van der Waals surface area (Å²) in [6, 6.07) is 12.7. The molecule has 8 heteroatoms. The van der Waals surface area contributed by atoms with Gasteiger partial charge in [-0.2, -0.15) is 0 Å². The summed E-state index contributed by atoms with van der Waals surface area (Å²) in [5.41, 5.74) is 0.549. The van der Waals surface area contributed by atoms with E-state index in [1.807, 2.05) is 0 Å². The number of ether oxygens (including phenoxy) is 1. The first-order chi connectivity index (χ1) is 13.0. The third kappa shape index (κ3) is 4.78. The Morgan fingerprint density at radius 2 is 1.74 bits per heavy atom. The van der Waals surface area contributed by atoms with Gasteiger partial charge in [-0.3, -0.25) is 9.52 Å². The minimum atomic E-state index is -3.82. The summed E-state index contributed by atoms with van der Waals surface area (Å²) in [6.07, 6.45) is 1.71. The Morgan fingerprint density at radius 1 is 1.07 bits per heavy atom. The van der Waals surface area contributed by atoms with E-state index in [1.54, 1.807) is 36.4 Å². The van der Waals surface area contributed by atoms with Crippen LogP contribution in [-0.2, 0) is 10.0 Å². The summed E-state index contributed by atoms with van der Waals surface area (Å²) >= 11 is 0. The molecular formula is C19H23N3O4S. The van der Waals surface area contributed by atoms with Crippen LogP contribution in [0, 0.1) is 0 Å². The summed E-state index contributed by atoms with van der Waals surface area (Å²) in [5.74, 6) is 0.283. The minimum Gasteiger partial charge on any atom is -0.497 e. The van der Waals surface area contributed by atoms with Crippen molar-refractivity contribution < 1.29 is 17.9 Å². The van der Waals surface area contributed by atoms with E-state index in [0.29, 0.717) is 11.3 Å². The lowest BCUT2D eigenvalue weighted by Crippen LogP contribution is -2.42. The summed E-state index contributed by atoms with van der Waals surface area (Å²) < 4.78 is 32.9. The molecular weight excluding hydrogens is 366 g/mol. The minimum absolute atomic E-state index is 0.0880. The number of carbonyl (C=O) groups excluding carboxylic acids is 1. The first kappa shape index (κ1) is 19.2. The molecule has 1 fully saturated rings. The fraction of sp³-hybridized carbons (Fsp3) is 0.316. The monoisotopic (exact) mass is 389 g/mol. The fourth-order valence-electron chi connectivity index (χ4n) is 2.96. The molecule has 1 aliphatic heterocycles. The largest absolute Gasteiger partial charge is 0.497 e. The smallest absolute Gasteiger partial charge is 0.261 e. The molecule has 0 aliphatic carbocycles. The van der Waals surface area contributed by atoms with Gasteiger partial charge in [0.05, 0.1) is 23.3 Å². The van der Waals surface area contributed by atoms with E-state index >= 15 is 0 Å². The molecule has 3 N–H and O–H groups in total. The molecule has 144 valence electrons. The van der Waals surface area contributed by atoms with E-state index in [1.165, 1.54) is 19.2 Å². The zero-order chi connectivity index (χ0) is 19.3. The third-order valence-corrected chi connectivity index (χ3v) is 5.84. The van der Waals surface area contributed by atoms with Crippen molar-refractivity contribution in [3.63, 3.8) is 0 Å². The fourth-order valence-corrected chi connectivity index (χ4v) is 4.04. The molecule has 1 heterocycles. The standard InChI is InChI=1S/C19H23N3O4S/c1-26-15-6-8-16(9-7-15)27(24,25)22-18-5-3-2-4-17(18)19(23)21-14-10-12-20-13-11-14/h2-9,14,20,22H,10-13H2,1H3,(H,21,23). The molecule has 2 aromatic carbocycles. The number of rotatable bonds is 6. The van der Waals surface area contributed by atoms with Crippen molar-refractivity contribution in [1.29, 1.82) is 0 Å². The average Bonchev–Trinajstić information content (AvgIpc) is 2.69. The molecule has 0 bridgehead atoms. The van der Waals surface area contributed by atoms with Crippen LogP contribution in [0.5, 0.6) is 5.75 Å². The Morgan fingerprint density at radius 3 is 2.41 bits per heavy atom. The normalized spacial score (nSPS) is 15.1. The van der Waals surface area contributed by atoms with Gasteiger partial charge in [-0.05, 0) is 62.3 Å². The Kier molecular flexibility index (Phi) is 5.98. The van der Waals surface area contributed by atoms with Crippen molar-refractivity contribution in [3.8, 4) is 5.75 Å². The van der Waals surface area contributed by atoms with Gasteiger partial charge >= 0.3 is 0 Å². The number of hydrogen-bond donors (Lipinski definition) is 3. The van der Waals surface area contributed by atoms with Crippen LogP contribution in [0.1, 0.15) is 23.2 Å². The lowest BCUT2D eigenvalue weighted by atomic mass is 10.1. The third-order valence-electron chi connectivity index (χ3n) is 4.46. The first-order valence-electron chi connectivity index (χ1n) is 8.77. The van der Waals surface area contributed by atoms with Gasteiger partial charge in [-0.1, -0.05) is 12.1 Å². The van der Waals surface area contributed by atoms with Crippen LogP contribution >= 0.6 is 0 Å². The van der Waals surface area contributed by atoms with Crippen molar-refractivity contribution in [2.45, 2.75) is 23.8 Å². The molecule has 1 aliphatic rings. The number of sulfonamides is 1. The van der Waals surface area contributed by atoms with E-state index < -0.39 is 10.0 Å². The highest BCUT2D eigenvalue weighted by Gasteiger charge is 2.21. The van der Waals surface area contributed by atoms with E-state index in [0.717, 1.165) is 25.9 Å². The maximum Gasteiger partial charge on any atom is 0.261 e. The van der Waals surface area contributed by atoms with Crippen LogP contribution in [0.4, 0.5) is 5.69 Å². The van der Waals surface area contributed by atoms with E-state index in [-0.39, 0.29) is 22.5 Å². The van der Waals surface area contributed by atoms with Gasteiger partial charge in [0, 0.05) is 6.04 Å². The predicted octanol–water partition coefficient (Wildman–Crippen LogP) is 1.98. The molecule has 0 radical (unpaired) electrons. The van der Waals surface area contributed by atoms with E-state index in [4.69, 9.17) is 4.74 Å². The molecule has 0 aromatic heterocycles. The summed E-state index contributed by atoms with van der Waals surface area (Å²) in [6.45, 7) is 1.72. The Bertz CT molecular complexity index is 891. The van der Waals surface area contributed by atoms with Gasteiger partial charge in [0.1, 0.15) is 5.75 Å². The van der Waals surface area contributed by atoms with Crippen molar-refractivity contribution >= 4 is 21.6 Å². The van der Waals surface area contributed by atoms with Crippen LogP contribution in [0.3, 0.4) is 0 Å². The zero-order valence-corrected chi connectivity index (χ0v) is 15.9. The highest BCUT2D eigenvalue weighted by Crippen LogP contribution is 2.22. The summed E-state index contributed by atoms with van der Waals surface area (Å²) in [4.78, 5) is 12.8. The second-order valence-electron chi connectivity index (χ2n) is 6.32. The molecule has 2 aromatic rings. The Labute approximate surface area is 159 Å². The molecule has 0 unspecified atom stereocenters. The number of carbonyl (C=O) groups is 1. The lowest BCUT2D eigenvalue weighted by molar-refractivity contribution is 0.0930. The second kappa shape index (κ2) is 8.41. The molecule has 0 spiro atoms. The van der Waals surface area contributed by atoms with Crippen molar-refractivity contribution in [3.05, 3.63) is 54.1 Å². The van der Waals surface area contributed by atoms with Crippen molar-refractivity contribution in [2.24, 2.45) is 0 Å². The highest BCUT2D eigenvalue weighted by atomic mass is 32.2. The van der Waals surface area contributed by atoms with E-state index in [2.05, 4.69) is 15.4 Å². The number of anilines is 1. The topological polar surface area (TPSA) is 96.5 Å². The molecule has 1 amide bonds. The number of nitrogens with one attached hydrogen (secondary N) is 3. The number of piperidine rings is 1. The van der Waals surface area contributed by atoms with Crippen LogP contribution in [-0.4, -0.2) is 40.6 Å². The molecule has 0 atom stereocenters. The van der Waals surface area contributed by atoms with Crippen LogP contribution in [0.15, 0.2) is 53.4 Å². The van der Waals surface area contributed by atoms with Gasteiger partial charge in [0.2, 0.25) is 0 Å². The molecule has 1 saturated heterocycles. The first-order valence-corrected chi connectivity index (χ1v) is 10.3. The SMILES string of the molecule is COc1ccc(S(=O)(=O)Nc2ccccc2C(=O)NC2CCNCC2)cc1. The van der Waals surface area contributed by atoms with Crippen LogP contribution in [0.2, 0.25) is 0 Å². The van der Waals surface area contributed by atoms with Gasteiger partial charge in [-0.15, -0.1) is 0 Å². The van der Waals surface area contributed by atoms with Crippen LogP contribution < -0.4 is 20.1 Å². The average molecular weight is 389 g/mol. The van der Waals surface area contributed by atoms with Gasteiger partial charge in [-0.25, -0.2) is 8.42 Å². The maximum absolute atomic E-state index is 12.7. The quantitative estimate of drug-likeness (QED) is 0.702. The number of benzene rings is 2. The van der Waals surface area contributed by atoms with Crippen molar-refractivity contribution in [2.75, 3.05) is 24.9 Å². The zero-order valence-electron chi connectivity index (χ0n) is 15.1. The Balaban J connectivity index is 1.79. The molecule has 0 saturated carbocycles. The molecule has 3 rings (SSSR count). The summed E-state index contributed by atoms with van der Waals surface area (Å²) in [5, 5.41) is 6.23. The lowest BCUT2D eigenvalue weighted by Gasteiger charge is -2.24. The number of para-hydroxylation sites is 1. The van der Waals surface area contributed by atoms with Gasteiger partial charge in [0.25, 0.3) is 15.9 Å². The van der Waals surface area contributed by atoms with Gasteiger partial charge < -0.3 is 15.4 Å². The van der Waals surface area contributed by atoms with Crippen molar-refractivity contribution in [1.82, 2.24) is 10.6 Å². The highest BCUT2D eigenvalue weighted by molar-refractivity contribution is 7.92. The number of hydrogen-bond acceptors (Lipinski definition) is 5. The van der Waals surface area contributed by atoms with Crippen LogP contribution in [0.25, 0.3) is 0 Å². The maximum atomic E-state index is 12.7.